The van der Waals surface area contributed by atoms with Crippen molar-refractivity contribution >= 4 is 17.7 Å². The van der Waals surface area contributed by atoms with Gasteiger partial charge in [-0.25, -0.2) is 9.59 Å². The van der Waals surface area contributed by atoms with E-state index < -0.39 is 5.97 Å². The van der Waals surface area contributed by atoms with E-state index in [1.165, 1.54) is 6.07 Å². The van der Waals surface area contributed by atoms with E-state index >= 15 is 0 Å². The summed E-state index contributed by atoms with van der Waals surface area (Å²) in [5.41, 5.74) is 1.80. The molecule has 1 N–H and O–H groups in total. The lowest BCUT2D eigenvalue weighted by Gasteiger charge is -2.21. The zero-order chi connectivity index (χ0) is 13.3. The molecule has 0 aromatic heterocycles. The molecular formula is C13H15NO4. The van der Waals surface area contributed by atoms with Gasteiger partial charge in [0.25, 0.3) is 0 Å². The van der Waals surface area contributed by atoms with Gasteiger partial charge >= 0.3 is 12.1 Å². The van der Waals surface area contributed by atoms with E-state index in [-0.39, 0.29) is 17.7 Å². The van der Waals surface area contributed by atoms with Crippen LogP contribution in [0.4, 0.5) is 10.5 Å². The number of anilines is 1. The summed E-state index contributed by atoms with van der Waals surface area (Å²) in [6, 6.07) is 4.76. The molecule has 0 saturated carbocycles. The van der Waals surface area contributed by atoms with Crippen LogP contribution in [0.2, 0.25) is 0 Å². The van der Waals surface area contributed by atoms with Gasteiger partial charge in [-0.05, 0) is 37.1 Å². The van der Waals surface area contributed by atoms with E-state index in [0.29, 0.717) is 13.0 Å². The zero-order valence-corrected chi connectivity index (χ0v) is 10.3. The second-order valence-electron chi connectivity index (χ2n) is 4.30. The fourth-order valence-electron chi connectivity index (χ4n) is 2.09. The Morgan fingerprint density at radius 3 is 2.78 bits per heavy atom. The summed E-state index contributed by atoms with van der Waals surface area (Å²) < 4.78 is 4.98. The molecule has 0 bridgehead atoms. The van der Waals surface area contributed by atoms with Crippen LogP contribution in [0.5, 0.6) is 0 Å². The Morgan fingerprint density at radius 2 is 2.28 bits per heavy atom. The van der Waals surface area contributed by atoms with Gasteiger partial charge in [-0.1, -0.05) is 6.92 Å². The van der Waals surface area contributed by atoms with Crippen LogP contribution in [0.3, 0.4) is 0 Å². The SMILES string of the molecule is CCc1cc(C(=O)O)ccc1N1C(=O)OCC1C. The van der Waals surface area contributed by atoms with E-state index in [9.17, 15) is 9.59 Å². The summed E-state index contributed by atoms with van der Waals surface area (Å²) in [6.07, 6.45) is 0.285. The van der Waals surface area contributed by atoms with E-state index in [1.54, 1.807) is 17.0 Å². The first-order valence-electron chi connectivity index (χ1n) is 5.86. The van der Waals surface area contributed by atoms with Crippen LogP contribution in [0, 0.1) is 0 Å². The number of ether oxygens (including phenoxy) is 1. The molecule has 1 saturated heterocycles. The van der Waals surface area contributed by atoms with Gasteiger partial charge in [-0.2, -0.15) is 0 Å². The summed E-state index contributed by atoms with van der Waals surface area (Å²) in [4.78, 5) is 24.2. The largest absolute Gasteiger partial charge is 0.478 e. The molecule has 18 heavy (non-hydrogen) atoms. The lowest BCUT2D eigenvalue weighted by molar-refractivity contribution is 0.0696. The van der Waals surface area contributed by atoms with Gasteiger partial charge in [-0.15, -0.1) is 0 Å². The molecule has 1 aromatic rings. The Bertz CT molecular complexity index is 498. The van der Waals surface area contributed by atoms with Crippen molar-refractivity contribution in [3.63, 3.8) is 0 Å². The summed E-state index contributed by atoms with van der Waals surface area (Å²) >= 11 is 0. The number of aryl methyl sites for hydroxylation is 1. The molecule has 1 heterocycles. The predicted molar refractivity (Wildman–Crippen MR) is 66.1 cm³/mol. The molecule has 1 amide bonds. The van der Waals surface area contributed by atoms with E-state index in [0.717, 1.165) is 11.3 Å². The maximum Gasteiger partial charge on any atom is 0.414 e. The van der Waals surface area contributed by atoms with Crippen LogP contribution in [-0.4, -0.2) is 29.8 Å². The highest BCUT2D eigenvalue weighted by molar-refractivity contribution is 5.93. The smallest absolute Gasteiger partial charge is 0.414 e. The minimum absolute atomic E-state index is 0.0292. The number of rotatable bonds is 3. The molecule has 1 aliphatic heterocycles. The molecule has 0 spiro atoms. The number of carbonyl (C=O) groups is 2. The first-order chi connectivity index (χ1) is 8.54. The summed E-state index contributed by atoms with van der Waals surface area (Å²) in [5, 5.41) is 8.96. The third-order valence-corrected chi connectivity index (χ3v) is 3.05. The van der Waals surface area contributed by atoms with E-state index in [1.807, 2.05) is 13.8 Å². The molecule has 0 radical (unpaired) electrons. The Balaban J connectivity index is 2.44. The van der Waals surface area contributed by atoms with Gasteiger partial charge in [0.2, 0.25) is 0 Å². The predicted octanol–water partition coefficient (Wildman–Crippen LogP) is 2.29. The zero-order valence-electron chi connectivity index (χ0n) is 10.3. The fraction of sp³-hybridized carbons (Fsp3) is 0.385. The van der Waals surface area contributed by atoms with E-state index in [2.05, 4.69) is 0 Å². The number of cyclic esters (lactones) is 1. The van der Waals surface area contributed by atoms with Crippen LogP contribution < -0.4 is 4.90 Å². The van der Waals surface area contributed by atoms with Gasteiger partial charge in [0.15, 0.2) is 0 Å². The number of hydrogen-bond acceptors (Lipinski definition) is 3. The van der Waals surface area contributed by atoms with Crippen molar-refractivity contribution in [3.8, 4) is 0 Å². The number of nitrogens with zero attached hydrogens (tertiary/aromatic N) is 1. The molecule has 5 heteroatoms. The minimum atomic E-state index is -0.965. The van der Waals surface area contributed by atoms with Crippen molar-refractivity contribution in [2.45, 2.75) is 26.3 Å². The number of aromatic carboxylic acids is 1. The number of carboxylic acid groups (broad SMARTS) is 1. The molecule has 1 atom stereocenters. The molecule has 96 valence electrons. The summed E-state index contributed by atoms with van der Waals surface area (Å²) in [5.74, 6) is -0.965. The highest BCUT2D eigenvalue weighted by Gasteiger charge is 2.32. The van der Waals surface area contributed by atoms with Crippen LogP contribution in [0.25, 0.3) is 0 Å². The van der Waals surface area contributed by atoms with Crippen molar-refractivity contribution in [3.05, 3.63) is 29.3 Å². The van der Waals surface area contributed by atoms with Gasteiger partial charge in [0.05, 0.1) is 17.3 Å². The number of hydrogen-bond donors (Lipinski definition) is 1. The molecule has 1 aromatic carbocycles. The second-order valence-corrected chi connectivity index (χ2v) is 4.30. The molecule has 1 fully saturated rings. The van der Waals surface area contributed by atoms with Gasteiger partial charge in [0, 0.05) is 0 Å². The molecule has 2 rings (SSSR count). The van der Waals surface area contributed by atoms with Gasteiger partial charge in [0.1, 0.15) is 6.61 Å². The Hall–Kier alpha value is -2.04. The normalized spacial score (nSPS) is 18.9. The monoisotopic (exact) mass is 249 g/mol. The molecule has 0 aliphatic carbocycles. The highest BCUT2D eigenvalue weighted by Crippen LogP contribution is 2.28. The topological polar surface area (TPSA) is 66.8 Å². The molecule has 1 unspecified atom stereocenters. The Labute approximate surface area is 105 Å². The minimum Gasteiger partial charge on any atom is -0.478 e. The molecular weight excluding hydrogens is 234 g/mol. The fourth-order valence-corrected chi connectivity index (χ4v) is 2.09. The van der Waals surface area contributed by atoms with Crippen molar-refractivity contribution < 1.29 is 19.4 Å². The third kappa shape index (κ3) is 2.03. The van der Waals surface area contributed by atoms with Crippen LogP contribution in [0.15, 0.2) is 18.2 Å². The second kappa shape index (κ2) is 4.68. The number of amides is 1. The molecule has 5 nitrogen and oxygen atoms in total. The Morgan fingerprint density at radius 1 is 1.56 bits per heavy atom. The van der Waals surface area contributed by atoms with Crippen molar-refractivity contribution in [1.29, 1.82) is 0 Å². The van der Waals surface area contributed by atoms with Crippen LogP contribution >= 0.6 is 0 Å². The third-order valence-electron chi connectivity index (χ3n) is 3.05. The number of benzene rings is 1. The first kappa shape index (κ1) is 12.4. The van der Waals surface area contributed by atoms with Crippen molar-refractivity contribution in [1.82, 2.24) is 0 Å². The lowest BCUT2D eigenvalue weighted by Crippen LogP contribution is -2.31. The van der Waals surface area contributed by atoms with Crippen molar-refractivity contribution in [2.75, 3.05) is 11.5 Å². The number of carboxylic acids is 1. The maximum atomic E-state index is 11.7. The summed E-state index contributed by atoms with van der Waals surface area (Å²) in [6.45, 7) is 4.19. The van der Waals surface area contributed by atoms with Crippen LogP contribution in [-0.2, 0) is 11.2 Å². The number of carbonyl (C=O) groups excluding carboxylic acids is 1. The highest BCUT2D eigenvalue weighted by atomic mass is 16.6. The maximum absolute atomic E-state index is 11.7. The average molecular weight is 249 g/mol. The summed E-state index contributed by atoms with van der Waals surface area (Å²) in [7, 11) is 0. The van der Waals surface area contributed by atoms with E-state index in [4.69, 9.17) is 9.84 Å². The van der Waals surface area contributed by atoms with Crippen molar-refractivity contribution in [2.24, 2.45) is 0 Å². The van der Waals surface area contributed by atoms with Gasteiger partial charge < -0.3 is 9.84 Å². The Kier molecular flexibility index (Phi) is 3.23. The average Bonchev–Trinajstić information content (AvgIpc) is 2.68. The first-order valence-corrected chi connectivity index (χ1v) is 5.86. The molecule has 1 aliphatic rings. The van der Waals surface area contributed by atoms with Crippen LogP contribution in [0.1, 0.15) is 29.8 Å². The quantitative estimate of drug-likeness (QED) is 0.892. The lowest BCUT2D eigenvalue weighted by atomic mass is 10.0. The standard InChI is InChI=1S/C13H15NO4/c1-3-9-6-10(12(15)16)4-5-11(9)14-8(2)7-18-13(14)17/h4-6,8H,3,7H2,1-2H3,(H,15,16). The van der Waals surface area contributed by atoms with Gasteiger partial charge in [-0.3, -0.25) is 4.90 Å².